The van der Waals surface area contributed by atoms with Crippen molar-refractivity contribution in [1.82, 2.24) is 30.0 Å². The molecule has 0 radical (unpaired) electrons. The lowest BCUT2D eigenvalue weighted by Gasteiger charge is -2.14. The van der Waals surface area contributed by atoms with Gasteiger partial charge >= 0.3 is 0 Å². The smallest absolute Gasteiger partial charge is 0.252 e. The summed E-state index contributed by atoms with van der Waals surface area (Å²) in [5.74, 6) is 0.746. The van der Waals surface area contributed by atoms with E-state index >= 15 is 0 Å². The minimum absolute atomic E-state index is 0.0329. The largest absolute Gasteiger partial charge is 0.342 e. The van der Waals surface area contributed by atoms with E-state index in [9.17, 15) is 13.2 Å². The number of hydrogen-bond acceptors (Lipinski definition) is 7. The van der Waals surface area contributed by atoms with E-state index in [0.29, 0.717) is 17.6 Å². The Bertz CT molecular complexity index is 1130. The van der Waals surface area contributed by atoms with Crippen molar-refractivity contribution in [3.63, 3.8) is 0 Å². The zero-order valence-electron chi connectivity index (χ0n) is 15.3. The monoisotopic (exact) mass is 420 g/mol. The molecule has 1 amide bonds. The molecule has 0 spiro atoms. The molecule has 11 heteroatoms. The second-order valence-corrected chi connectivity index (χ2v) is 8.57. The highest BCUT2D eigenvalue weighted by Gasteiger charge is 2.21. The van der Waals surface area contributed by atoms with E-state index in [-0.39, 0.29) is 15.5 Å². The van der Waals surface area contributed by atoms with Crippen LogP contribution in [0.4, 0.5) is 0 Å². The Balaban J connectivity index is 1.90. The van der Waals surface area contributed by atoms with Crippen LogP contribution in [0.2, 0.25) is 5.02 Å². The van der Waals surface area contributed by atoms with Crippen molar-refractivity contribution in [1.29, 1.82) is 0 Å². The Morgan fingerprint density at radius 3 is 2.54 bits per heavy atom. The number of amides is 1. The third kappa shape index (κ3) is 4.34. The zero-order chi connectivity index (χ0) is 20.5. The number of carbonyl (C=O) groups is 1. The van der Waals surface area contributed by atoms with Crippen LogP contribution in [-0.2, 0) is 9.84 Å². The molecule has 1 N–H and O–H groups in total. The maximum atomic E-state index is 12.7. The van der Waals surface area contributed by atoms with Gasteiger partial charge in [-0.15, -0.1) is 5.10 Å². The Morgan fingerprint density at radius 2 is 1.89 bits per heavy atom. The highest BCUT2D eigenvalue weighted by molar-refractivity contribution is 7.90. The molecule has 0 unspecified atom stereocenters. The van der Waals surface area contributed by atoms with E-state index in [2.05, 4.69) is 25.4 Å². The van der Waals surface area contributed by atoms with Crippen LogP contribution >= 0.6 is 11.6 Å². The molecule has 2 heterocycles. The number of aromatic nitrogens is 5. The highest BCUT2D eigenvalue weighted by atomic mass is 35.5. The van der Waals surface area contributed by atoms with Crippen molar-refractivity contribution in [3.8, 4) is 5.95 Å². The minimum Gasteiger partial charge on any atom is -0.342 e. The summed E-state index contributed by atoms with van der Waals surface area (Å²) in [4.78, 5) is 25.3. The van der Waals surface area contributed by atoms with Gasteiger partial charge in [0.1, 0.15) is 5.82 Å². The number of rotatable bonds is 5. The fraction of sp³-hybridized carbons (Fsp3) is 0.235. The first-order valence-electron chi connectivity index (χ1n) is 8.17. The number of nitrogens with one attached hydrogen (secondary N) is 1. The number of carbonyl (C=O) groups excluding carboxylic acids is 1. The molecule has 9 nitrogen and oxygen atoms in total. The molecule has 3 rings (SSSR count). The summed E-state index contributed by atoms with van der Waals surface area (Å²) in [6, 6.07) is 5.09. The average molecular weight is 421 g/mol. The first-order chi connectivity index (χ1) is 13.1. The number of sulfone groups is 1. The lowest BCUT2D eigenvalue weighted by molar-refractivity contribution is 0.0937. The predicted molar refractivity (Wildman–Crippen MR) is 102 cm³/mol. The minimum atomic E-state index is -3.51. The lowest BCUT2D eigenvalue weighted by atomic mass is 10.2. The molecule has 0 bridgehead atoms. The van der Waals surface area contributed by atoms with Gasteiger partial charge in [0, 0.05) is 29.2 Å². The van der Waals surface area contributed by atoms with E-state index in [1.54, 1.807) is 32.3 Å². The number of hydrogen-bond donors (Lipinski definition) is 1. The predicted octanol–water partition coefficient (Wildman–Crippen LogP) is 1.91. The van der Waals surface area contributed by atoms with Gasteiger partial charge in [-0.05, 0) is 38.1 Å². The van der Waals surface area contributed by atoms with Crippen LogP contribution in [0.25, 0.3) is 5.95 Å². The van der Waals surface area contributed by atoms with Gasteiger partial charge in [0.25, 0.3) is 11.9 Å². The molecule has 0 saturated heterocycles. The quantitative estimate of drug-likeness (QED) is 0.669. The van der Waals surface area contributed by atoms with Crippen LogP contribution in [0, 0.1) is 6.92 Å². The normalized spacial score (nSPS) is 12.6. The molecule has 2 aromatic heterocycles. The topological polar surface area (TPSA) is 120 Å². The molecule has 0 aliphatic carbocycles. The molecule has 28 heavy (non-hydrogen) atoms. The zero-order valence-corrected chi connectivity index (χ0v) is 16.9. The van der Waals surface area contributed by atoms with E-state index in [1.165, 1.54) is 22.9 Å². The van der Waals surface area contributed by atoms with Crippen LogP contribution in [0.3, 0.4) is 0 Å². The Hall–Kier alpha value is -2.85. The maximum absolute atomic E-state index is 12.7. The van der Waals surface area contributed by atoms with E-state index in [0.717, 1.165) is 6.26 Å². The number of nitrogens with zero attached hydrogens (tertiary/aromatic N) is 5. The molecule has 0 saturated carbocycles. The van der Waals surface area contributed by atoms with Gasteiger partial charge in [-0.2, -0.15) is 4.68 Å². The van der Waals surface area contributed by atoms with Gasteiger partial charge in [0.05, 0.1) is 10.9 Å². The lowest BCUT2D eigenvalue weighted by Crippen LogP contribution is -2.29. The van der Waals surface area contributed by atoms with Gasteiger partial charge in [-0.1, -0.05) is 11.6 Å². The Kier molecular flexibility index (Phi) is 5.43. The first kappa shape index (κ1) is 19.9. The molecule has 1 aromatic carbocycles. The molecule has 3 aromatic rings. The van der Waals surface area contributed by atoms with Crippen LogP contribution < -0.4 is 5.32 Å². The maximum Gasteiger partial charge on any atom is 0.252 e. The first-order valence-corrected chi connectivity index (χ1v) is 10.4. The average Bonchev–Trinajstić information content (AvgIpc) is 3.03. The van der Waals surface area contributed by atoms with Crippen molar-refractivity contribution in [2.75, 3.05) is 6.26 Å². The Labute approximate surface area is 166 Å². The molecule has 0 aliphatic heterocycles. The molecule has 146 valence electrons. The fourth-order valence-corrected chi connectivity index (χ4v) is 3.49. The van der Waals surface area contributed by atoms with Gasteiger partial charge in [-0.3, -0.25) is 4.79 Å². The van der Waals surface area contributed by atoms with Crippen molar-refractivity contribution in [2.45, 2.75) is 24.8 Å². The van der Waals surface area contributed by atoms with Gasteiger partial charge in [0.15, 0.2) is 15.7 Å². The summed E-state index contributed by atoms with van der Waals surface area (Å²) in [6.45, 7) is 3.44. The van der Waals surface area contributed by atoms with Gasteiger partial charge in [-0.25, -0.2) is 23.4 Å². The summed E-state index contributed by atoms with van der Waals surface area (Å²) in [5, 5.41) is 7.19. The highest BCUT2D eigenvalue weighted by Crippen LogP contribution is 2.20. The van der Waals surface area contributed by atoms with E-state index in [4.69, 9.17) is 11.6 Å². The summed E-state index contributed by atoms with van der Waals surface area (Å²) < 4.78 is 25.0. The Morgan fingerprint density at radius 1 is 1.21 bits per heavy atom. The summed E-state index contributed by atoms with van der Waals surface area (Å²) in [6.07, 6.45) is 4.20. The van der Waals surface area contributed by atoms with E-state index in [1.807, 2.05) is 0 Å². The molecular formula is C17H17ClN6O3S. The molecular weight excluding hydrogens is 404 g/mol. The number of benzene rings is 1. The van der Waals surface area contributed by atoms with Crippen LogP contribution in [0.1, 0.15) is 35.0 Å². The third-order valence-corrected chi connectivity index (χ3v) is 5.09. The third-order valence-electron chi connectivity index (χ3n) is 3.78. The van der Waals surface area contributed by atoms with Crippen molar-refractivity contribution >= 4 is 27.3 Å². The SMILES string of the molecule is Cc1nc([C@@H](C)NC(=O)c2cc(Cl)cc(S(C)(=O)=O)c2)n(-c2ncccn2)n1. The molecule has 0 fully saturated rings. The van der Waals surface area contributed by atoms with Crippen molar-refractivity contribution < 1.29 is 13.2 Å². The standard InChI is InChI=1S/C17H17ClN6O3S/c1-10(15-22-11(2)23-24(15)17-19-5-4-6-20-17)21-16(25)12-7-13(18)9-14(8-12)28(3,26)27/h4-10H,1-3H3,(H,21,25)/t10-/m1/s1. The molecule has 1 atom stereocenters. The van der Waals surface area contributed by atoms with Crippen molar-refractivity contribution in [3.05, 3.63) is 58.9 Å². The number of aryl methyl sites for hydroxylation is 1. The fourth-order valence-electron chi connectivity index (χ4n) is 2.51. The van der Waals surface area contributed by atoms with Crippen LogP contribution in [0.5, 0.6) is 0 Å². The van der Waals surface area contributed by atoms with Gasteiger partial charge < -0.3 is 5.32 Å². The van der Waals surface area contributed by atoms with Gasteiger partial charge in [0.2, 0.25) is 0 Å². The van der Waals surface area contributed by atoms with E-state index < -0.39 is 21.8 Å². The number of halogens is 1. The second kappa shape index (κ2) is 7.64. The molecule has 0 aliphatic rings. The van der Waals surface area contributed by atoms with Crippen molar-refractivity contribution in [2.24, 2.45) is 0 Å². The second-order valence-electron chi connectivity index (χ2n) is 6.12. The van der Waals surface area contributed by atoms with Crippen LogP contribution in [-0.4, -0.2) is 45.3 Å². The van der Waals surface area contributed by atoms with Crippen LogP contribution in [0.15, 0.2) is 41.6 Å². The summed E-state index contributed by atoms with van der Waals surface area (Å²) >= 11 is 5.97. The summed E-state index contributed by atoms with van der Waals surface area (Å²) in [5.41, 5.74) is 0.124. The summed E-state index contributed by atoms with van der Waals surface area (Å²) in [7, 11) is -3.51.